The summed E-state index contributed by atoms with van der Waals surface area (Å²) in [6, 6.07) is 19.2. The Labute approximate surface area is 129 Å². The van der Waals surface area contributed by atoms with Gasteiger partial charge in [0, 0.05) is 12.8 Å². The SMILES string of the molecule is O=C(Cl)CC(C(=O)CCc1ccccc1)c1ccccc1. The highest BCUT2D eigenvalue weighted by molar-refractivity contribution is 6.63. The molecule has 0 amide bonds. The van der Waals surface area contributed by atoms with Crippen LogP contribution in [-0.4, -0.2) is 11.0 Å². The second-order valence-electron chi connectivity index (χ2n) is 4.97. The Morgan fingerprint density at radius 3 is 2.05 bits per heavy atom. The van der Waals surface area contributed by atoms with Gasteiger partial charge in [-0.1, -0.05) is 60.7 Å². The van der Waals surface area contributed by atoms with E-state index >= 15 is 0 Å². The van der Waals surface area contributed by atoms with Gasteiger partial charge < -0.3 is 0 Å². The Kier molecular flexibility index (Phi) is 5.70. The van der Waals surface area contributed by atoms with Crippen molar-refractivity contribution >= 4 is 22.6 Å². The highest BCUT2D eigenvalue weighted by atomic mass is 35.5. The standard InChI is InChI=1S/C18H17ClO2/c19-18(21)13-16(15-9-5-2-6-10-15)17(20)12-11-14-7-3-1-4-8-14/h1-10,16H,11-13H2. The van der Waals surface area contributed by atoms with Crippen molar-refractivity contribution in [3.05, 3.63) is 71.8 Å². The molecular weight excluding hydrogens is 284 g/mol. The van der Waals surface area contributed by atoms with Crippen molar-refractivity contribution in [3.63, 3.8) is 0 Å². The summed E-state index contributed by atoms with van der Waals surface area (Å²) in [4.78, 5) is 23.7. The third kappa shape index (κ3) is 4.83. The number of hydrogen-bond acceptors (Lipinski definition) is 2. The third-order valence-corrected chi connectivity index (χ3v) is 3.61. The zero-order valence-corrected chi connectivity index (χ0v) is 12.4. The molecule has 0 fully saturated rings. The predicted octanol–water partition coefficient (Wildman–Crippen LogP) is 4.13. The number of benzene rings is 2. The van der Waals surface area contributed by atoms with Gasteiger partial charge in [0.05, 0.1) is 5.92 Å². The molecule has 0 saturated carbocycles. The molecule has 0 bridgehead atoms. The Morgan fingerprint density at radius 2 is 1.48 bits per heavy atom. The van der Waals surface area contributed by atoms with E-state index in [1.165, 1.54) is 0 Å². The number of carbonyl (C=O) groups excluding carboxylic acids is 2. The molecule has 0 radical (unpaired) electrons. The maximum Gasteiger partial charge on any atom is 0.222 e. The molecule has 1 unspecified atom stereocenters. The Hall–Kier alpha value is -1.93. The van der Waals surface area contributed by atoms with Gasteiger partial charge in [0.25, 0.3) is 0 Å². The lowest BCUT2D eigenvalue weighted by Gasteiger charge is -2.14. The van der Waals surface area contributed by atoms with Crippen LogP contribution in [0.5, 0.6) is 0 Å². The minimum atomic E-state index is -0.475. The molecule has 1 atom stereocenters. The Bertz CT molecular complexity index is 593. The van der Waals surface area contributed by atoms with Gasteiger partial charge in [-0.05, 0) is 29.1 Å². The average molecular weight is 301 g/mol. The minimum absolute atomic E-state index is 0.0547. The van der Waals surface area contributed by atoms with Crippen LogP contribution < -0.4 is 0 Å². The quantitative estimate of drug-likeness (QED) is 0.721. The van der Waals surface area contributed by atoms with E-state index in [1.54, 1.807) is 0 Å². The summed E-state index contributed by atoms with van der Waals surface area (Å²) in [5, 5.41) is -0.475. The van der Waals surface area contributed by atoms with Crippen LogP contribution in [0.2, 0.25) is 0 Å². The molecule has 0 spiro atoms. The Balaban J connectivity index is 2.06. The molecule has 2 rings (SSSR count). The molecule has 0 heterocycles. The summed E-state index contributed by atoms with van der Waals surface area (Å²) in [5.41, 5.74) is 1.97. The second-order valence-corrected chi connectivity index (χ2v) is 5.40. The summed E-state index contributed by atoms with van der Waals surface area (Å²) >= 11 is 5.49. The molecule has 2 aromatic carbocycles. The minimum Gasteiger partial charge on any atom is -0.299 e. The summed E-state index contributed by atoms with van der Waals surface area (Å²) in [5.74, 6) is -0.390. The van der Waals surface area contributed by atoms with E-state index in [-0.39, 0.29) is 12.2 Å². The average Bonchev–Trinajstić information content (AvgIpc) is 2.52. The highest BCUT2D eigenvalue weighted by Crippen LogP contribution is 2.24. The summed E-state index contributed by atoms with van der Waals surface area (Å²) in [6.45, 7) is 0. The monoisotopic (exact) mass is 300 g/mol. The van der Waals surface area contributed by atoms with Gasteiger partial charge in [-0.3, -0.25) is 9.59 Å². The fraction of sp³-hybridized carbons (Fsp3) is 0.222. The second kappa shape index (κ2) is 7.75. The number of halogens is 1. The van der Waals surface area contributed by atoms with Crippen LogP contribution in [0.25, 0.3) is 0 Å². The van der Waals surface area contributed by atoms with Crippen molar-refractivity contribution in [1.29, 1.82) is 0 Å². The van der Waals surface area contributed by atoms with Gasteiger partial charge in [-0.25, -0.2) is 0 Å². The number of rotatable bonds is 7. The van der Waals surface area contributed by atoms with E-state index in [1.807, 2.05) is 60.7 Å². The Morgan fingerprint density at radius 1 is 0.905 bits per heavy atom. The molecule has 0 aliphatic carbocycles. The number of hydrogen-bond donors (Lipinski definition) is 0. The molecular formula is C18H17ClO2. The lowest BCUT2D eigenvalue weighted by molar-refractivity contribution is -0.123. The lowest BCUT2D eigenvalue weighted by Crippen LogP contribution is -2.15. The zero-order valence-electron chi connectivity index (χ0n) is 11.7. The molecule has 0 saturated heterocycles. The molecule has 0 aliphatic heterocycles. The summed E-state index contributed by atoms with van der Waals surface area (Å²) < 4.78 is 0. The van der Waals surface area contributed by atoms with Crippen molar-refractivity contribution in [3.8, 4) is 0 Å². The van der Waals surface area contributed by atoms with Crippen LogP contribution in [0.4, 0.5) is 0 Å². The number of aryl methyl sites for hydroxylation is 1. The molecule has 108 valence electrons. The van der Waals surface area contributed by atoms with Crippen LogP contribution in [0.3, 0.4) is 0 Å². The topological polar surface area (TPSA) is 34.1 Å². The van der Waals surface area contributed by atoms with Crippen LogP contribution in [0.15, 0.2) is 60.7 Å². The molecule has 2 aromatic rings. The van der Waals surface area contributed by atoms with Gasteiger partial charge in [-0.15, -0.1) is 0 Å². The first kappa shape index (κ1) is 15.5. The van der Waals surface area contributed by atoms with E-state index in [0.717, 1.165) is 11.1 Å². The maximum atomic E-state index is 12.4. The first-order valence-electron chi connectivity index (χ1n) is 6.96. The van der Waals surface area contributed by atoms with E-state index in [4.69, 9.17) is 11.6 Å². The van der Waals surface area contributed by atoms with Crippen LogP contribution in [0, 0.1) is 0 Å². The van der Waals surface area contributed by atoms with Crippen LogP contribution >= 0.6 is 11.6 Å². The number of Topliss-reactive ketones (excluding diaryl/α,β-unsaturated/α-hetero) is 1. The zero-order chi connectivity index (χ0) is 15.1. The summed E-state index contributed by atoms with van der Waals surface area (Å²) in [6.07, 6.45) is 1.15. The molecule has 3 heteroatoms. The lowest BCUT2D eigenvalue weighted by atomic mass is 9.89. The largest absolute Gasteiger partial charge is 0.299 e. The van der Waals surface area contributed by atoms with Gasteiger partial charge in [0.1, 0.15) is 5.78 Å². The van der Waals surface area contributed by atoms with Crippen LogP contribution in [0.1, 0.15) is 29.9 Å². The first-order chi connectivity index (χ1) is 10.2. The van der Waals surface area contributed by atoms with E-state index in [2.05, 4.69) is 0 Å². The van der Waals surface area contributed by atoms with Crippen molar-refractivity contribution in [1.82, 2.24) is 0 Å². The van der Waals surface area contributed by atoms with E-state index in [0.29, 0.717) is 12.8 Å². The predicted molar refractivity (Wildman–Crippen MR) is 84.4 cm³/mol. The van der Waals surface area contributed by atoms with Crippen molar-refractivity contribution in [2.24, 2.45) is 0 Å². The normalized spacial score (nSPS) is 11.9. The highest BCUT2D eigenvalue weighted by Gasteiger charge is 2.22. The molecule has 0 aliphatic rings. The maximum absolute atomic E-state index is 12.4. The van der Waals surface area contributed by atoms with Gasteiger partial charge in [0.15, 0.2) is 0 Å². The van der Waals surface area contributed by atoms with Gasteiger partial charge >= 0.3 is 0 Å². The third-order valence-electron chi connectivity index (χ3n) is 3.46. The fourth-order valence-electron chi connectivity index (χ4n) is 2.35. The summed E-state index contributed by atoms with van der Waals surface area (Å²) in [7, 11) is 0. The van der Waals surface area contributed by atoms with E-state index in [9.17, 15) is 9.59 Å². The van der Waals surface area contributed by atoms with Crippen LogP contribution in [-0.2, 0) is 16.0 Å². The molecule has 2 nitrogen and oxygen atoms in total. The smallest absolute Gasteiger partial charge is 0.222 e. The molecule has 21 heavy (non-hydrogen) atoms. The van der Waals surface area contributed by atoms with Crippen molar-refractivity contribution in [2.75, 3.05) is 0 Å². The number of ketones is 1. The van der Waals surface area contributed by atoms with E-state index < -0.39 is 11.2 Å². The first-order valence-corrected chi connectivity index (χ1v) is 7.34. The van der Waals surface area contributed by atoms with Gasteiger partial charge in [-0.2, -0.15) is 0 Å². The fourth-order valence-corrected chi connectivity index (χ4v) is 2.50. The van der Waals surface area contributed by atoms with Crippen molar-refractivity contribution in [2.45, 2.75) is 25.2 Å². The van der Waals surface area contributed by atoms with Crippen molar-refractivity contribution < 1.29 is 9.59 Å². The molecule has 0 N–H and O–H groups in total. The van der Waals surface area contributed by atoms with Gasteiger partial charge in [0.2, 0.25) is 5.24 Å². The molecule has 0 aromatic heterocycles. The number of carbonyl (C=O) groups is 2.